The highest BCUT2D eigenvalue weighted by Crippen LogP contribution is 2.34. The molecule has 0 spiro atoms. The van der Waals surface area contributed by atoms with Crippen LogP contribution in [-0.2, 0) is 25.7 Å². The first-order valence-corrected chi connectivity index (χ1v) is 12.2. The Balaban J connectivity index is 1.25. The van der Waals surface area contributed by atoms with Crippen LogP contribution >= 0.6 is 0 Å². The molecule has 0 N–H and O–H groups in total. The zero-order valence-corrected chi connectivity index (χ0v) is 20.7. The van der Waals surface area contributed by atoms with Crippen molar-refractivity contribution in [3.63, 3.8) is 0 Å². The number of methoxy groups -OCH3 is 2. The Morgan fingerprint density at radius 2 is 1.17 bits per heavy atom. The SMILES string of the molecule is COc1cccc(CCc2ccc(OC)c(Oc3cccc(CCc4ccc5c(c4)OCO5)c3)c2)c1. The van der Waals surface area contributed by atoms with Crippen molar-refractivity contribution in [2.24, 2.45) is 0 Å². The van der Waals surface area contributed by atoms with Crippen LogP contribution in [-0.4, -0.2) is 21.0 Å². The molecular weight excluding hydrogens is 452 g/mol. The normalized spacial score (nSPS) is 11.8. The van der Waals surface area contributed by atoms with E-state index in [1.54, 1.807) is 14.2 Å². The molecule has 0 saturated carbocycles. The van der Waals surface area contributed by atoms with Gasteiger partial charge in [0.2, 0.25) is 6.79 Å². The monoisotopic (exact) mass is 482 g/mol. The lowest BCUT2D eigenvalue weighted by Crippen LogP contribution is -1.96. The van der Waals surface area contributed by atoms with Gasteiger partial charge in [-0.05, 0) is 96.5 Å². The van der Waals surface area contributed by atoms with Gasteiger partial charge >= 0.3 is 0 Å². The molecule has 0 bridgehead atoms. The Hall–Kier alpha value is -4.12. The molecule has 0 fully saturated rings. The zero-order valence-electron chi connectivity index (χ0n) is 20.7. The largest absolute Gasteiger partial charge is 0.497 e. The third kappa shape index (κ3) is 5.74. The number of hydrogen-bond donors (Lipinski definition) is 0. The van der Waals surface area contributed by atoms with Gasteiger partial charge in [0, 0.05) is 0 Å². The molecule has 4 aromatic rings. The number of ether oxygens (including phenoxy) is 5. The van der Waals surface area contributed by atoms with E-state index in [-0.39, 0.29) is 0 Å². The van der Waals surface area contributed by atoms with Crippen LogP contribution in [0.15, 0.2) is 84.9 Å². The quantitative estimate of drug-likeness (QED) is 0.249. The molecule has 0 aliphatic carbocycles. The minimum absolute atomic E-state index is 0.295. The highest BCUT2D eigenvalue weighted by molar-refractivity contribution is 5.47. The molecule has 0 unspecified atom stereocenters. The van der Waals surface area contributed by atoms with E-state index in [2.05, 4.69) is 48.5 Å². The van der Waals surface area contributed by atoms with Gasteiger partial charge in [-0.3, -0.25) is 0 Å². The second-order valence-electron chi connectivity index (χ2n) is 8.77. The fraction of sp³-hybridized carbons (Fsp3) is 0.226. The van der Waals surface area contributed by atoms with Crippen molar-refractivity contribution in [2.75, 3.05) is 21.0 Å². The van der Waals surface area contributed by atoms with Gasteiger partial charge in [-0.25, -0.2) is 0 Å². The van der Waals surface area contributed by atoms with Crippen molar-refractivity contribution in [3.05, 3.63) is 107 Å². The summed E-state index contributed by atoms with van der Waals surface area (Å²) in [4.78, 5) is 0. The van der Waals surface area contributed by atoms with Gasteiger partial charge in [-0.15, -0.1) is 0 Å². The van der Waals surface area contributed by atoms with Crippen LogP contribution in [0.5, 0.6) is 34.5 Å². The second kappa shape index (κ2) is 11.1. The number of aryl methyl sites for hydroxylation is 4. The van der Waals surface area contributed by atoms with Crippen LogP contribution in [0, 0.1) is 0 Å². The van der Waals surface area contributed by atoms with Crippen molar-refractivity contribution in [1.82, 2.24) is 0 Å². The molecule has 0 aromatic heterocycles. The standard InChI is InChI=1S/C31H30O5/c1-32-26-7-3-5-22(17-26)9-12-25-13-15-28(33-2)31(20-25)36-27-8-4-6-23(18-27)10-11-24-14-16-29-30(19-24)35-21-34-29/h3-8,13-20H,9-12,21H2,1-2H3. The Kier molecular flexibility index (Phi) is 7.27. The predicted molar refractivity (Wildman–Crippen MR) is 140 cm³/mol. The average molecular weight is 483 g/mol. The van der Waals surface area contributed by atoms with Gasteiger partial charge in [0.15, 0.2) is 23.0 Å². The van der Waals surface area contributed by atoms with Crippen molar-refractivity contribution < 1.29 is 23.7 Å². The van der Waals surface area contributed by atoms with Crippen LogP contribution in [0.2, 0.25) is 0 Å². The van der Waals surface area contributed by atoms with Crippen molar-refractivity contribution in [3.8, 4) is 34.5 Å². The van der Waals surface area contributed by atoms with Gasteiger partial charge in [0.25, 0.3) is 0 Å². The summed E-state index contributed by atoms with van der Waals surface area (Å²) in [6, 6.07) is 28.7. The molecule has 5 nitrogen and oxygen atoms in total. The molecule has 5 rings (SSSR count). The molecule has 4 aromatic carbocycles. The summed E-state index contributed by atoms with van der Waals surface area (Å²) in [5.74, 6) is 4.74. The van der Waals surface area contributed by atoms with E-state index in [0.29, 0.717) is 18.3 Å². The number of hydrogen-bond acceptors (Lipinski definition) is 5. The van der Waals surface area contributed by atoms with Crippen molar-refractivity contribution >= 4 is 0 Å². The lowest BCUT2D eigenvalue weighted by Gasteiger charge is -2.13. The van der Waals surface area contributed by atoms with Crippen LogP contribution in [0.4, 0.5) is 0 Å². The fourth-order valence-corrected chi connectivity index (χ4v) is 4.35. The van der Waals surface area contributed by atoms with Crippen LogP contribution in [0.25, 0.3) is 0 Å². The summed E-state index contributed by atoms with van der Waals surface area (Å²) in [6.07, 6.45) is 3.61. The molecule has 0 saturated heterocycles. The smallest absolute Gasteiger partial charge is 0.231 e. The third-order valence-electron chi connectivity index (χ3n) is 6.33. The van der Waals surface area contributed by atoms with E-state index in [9.17, 15) is 0 Å². The number of fused-ring (bicyclic) bond motifs is 1. The van der Waals surface area contributed by atoms with E-state index < -0.39 is 0 Å². The van der Waals surface area contributed by atoms with Gasteiger partial charge in [-0.2, -0.15) is 0 Å². The Bertz CT molecular complexity index is 1330. The topological polar surface area (TPSA) is 46.2 Å². The first-order chi connectivity index (χ1) is 17.7. The maximum absolute atomic E-state index is 6.30. The molecule has 1 aliphatic heterocycles. The number of rotatable bonds is 10. The Morgan fingerprint density at radius 3 is 1.89 bits per heavy atom. The summed E-state index contributed by atoms with van der Waals surface area (Å²) in [6.45, 7) is 0.295. The average Bonchev–Trinajstić information content (AvgIpc) is 3.39. The van der Waals surface area contributed by atoms with E-state index >= 15 is 0 Å². The summed E-state index contributed by atoms with van der Waals surface area (Å²) in [5.41, 5.74) is 4.85. The summed E-state index contributed by atoms with van der Waals surface area (Å²) >= 11 is 0. The minimum atomic E-state index is 0.295. The molecule has 5 heteroatoms. The highest BCUT2D eigenvalue weighted by Gasteiger charge is 2.13. The van der Waals surface area contributed by atoms with Crippen molar-refractivity contribution in [2.45, 2.75) is 25.7 Å². The van der Waals surface area contributed by atoms with Crippen LogP contribution in [0.3, 0.4) is 0 Å². The maximum atomic E-state index is 6.30. The first-order valence-electron chi connectivity index (χ1n) is 12.2. The Labute approximate surface area is 212 Å². The predicted octanol–water partition coefficient (Wildman–Crippen LogP) is 6.80. The second-order valence-corrected chi connectivity index (χ2v) is 8.77. The first kappa shape index (κ1) is 23.6. The molecule has 184 valence electrons. The highest BCUT2D eigenvalue weighted by atomic mass is 16.7. The van der Waals surface area contributed by atoms with Gasteiger partial charge < -0.3 is 23.7 Å². The third-order valence-corrected chi connectivity index (χ3v) is 6.33. The van der Waals surface area contributed by atoms with Crippen LogP contribution < -0.4 is 23.7 Å². The van der Waals surface area contributed by atoms with Crippen molar-refractivity contribution in [1.29, 1.82) is 0 Å². The molecule has 0 atom stereocenters. The minimum Gasteiger partial charge on any atom is -0.497 e. The summed E-state index contributed by atoms with van der Waals surface area (Å²) in [7, 11) is 3.36. The van der Waals surface area contributed by atoms with E-state index in [0.717, 1.165) is 48.7 Å². The molecule has 36 heavy (non-hydrogen) atoms. The van der Waals surface area contributed by atoms with Gasteiger partial charge in [0.1, 0.15) is 11.5 Å². The van der Waals surface area contributed by atoms with Crippen LogP contribution in [0.1, 0.15) is 22.3 Å². The summed E-state index contributed by atoms with van der Waals surface area (Å²) in [5, 5.41) is 0. The lowest BCUT2D eigenvalue weighted by atomic mass is 10.0. The van der Waals surface area contributed by atoms with E-state index in [1.807, 2.05) is 36.4 Å². The fourth-order valence-electron chi connectivity index (χ4n) is 4.35. The molecule has 1 aliphatic rings. The number of benzene rings is 4. The van der Waals surface area contributed by atoms with Gasteiger partial charge in [-0.1, -0.05) is 36.4 Å². The molecule has 0 radical (unpaired) electrons. The Morgan fingerprint density at radius 1 is 0.556 bits per heavy atom. The van der Waals surface area contributed by atoms with Gasteiger partial charge in [0.05, 0.1) is 14.2 Å². The molecule has 1 heterocycles. The molecule has 0 amide bonds. The molecular formula is C31H30O5. The maximum Gasteiger partial charge on any atom is 0.231 e. The zero-order chi connectivity index (χ0) is 24.7. The lowest BCUT2D eigenvalue weighted by molar-refractivity contribution is 0.174. The van der Waals surface area contributed by atoms with E-state index in [1.165, 1.54) is 22.3 Å². The van der Waals surface area contributed by atoms with E-state index in [4.69, 9.17) is 23.7 Å². The summed E-state index contributed by atoms with van der Waals surface area (Å²) < 4.78 is 28.1.